The van der Waals surface area contributed by atoms with Crippen LogP contribution in [0.2, 0.25) is 0 Å². The maximum atomic E-state index is 9.60. The van der Waals surface area contributed by atoms with E-state index in [4.69, 9.17) is 9.67 Å². The summed E-state index contributed by atoms with van der Waals surface area (Å²) in [6.45, 7) is 8.60. The number of carboxylic acid groups (broad SMARTS) is 1. The van der Waals surface area contributed by atoms with E-state index in [1.807, 2.05) is 13.8 Å². The van der Waals surface area contributed by atoms with Crippen LogP contribution in [0, 0.1) is 0 Å². The largest absolute Gasteiger partial charge is 0.478 e. The van der Waals surface area contributed by atoms with Crippen LogP contribution in [-0.4, -0.2) is 11.1 Å². The zero-order valence-electron chi connectivity index (χ0n) is 7.29. The molecule has 0 heterocycles. The molecule has 0 rings (SSSR count). The van der Waals surface area contributed by atoms with E-state index in [1.165, 1.54) is 6.92 Å². The van der Waals surface area contributed by atoms with E-state index in [2.05, 4.69) is 6.58 Å². The molecule has 3 nitrogen and oxygen atoms in total. The molecule has 12 heavy (non-hydrogen) atoms. The third-order valence-electron chi connectivity index (χ3n) is 0.365. The smallest absolute Gasteiger partial charge is 0.330 e. The highest BCUT2D eigenvalue weighted by atomic mass is 35.5. The molecule has 0 aromatic heterocycles. The van der Waals surface area contributed by atoms with Crippen molar-refractivity contribution in [3.8, 4) is 0 Å². The van der Waals surface area contributed by atoms with Gasteiger partial charge in [-0.1, -0.05) is 20.4 Å². The van der Waals surface area contributed by atoms with Gasteiger partial charge >= 0.3 is 5.97 Å². The topological polar surface area (TPSA) is 54.4 Å². The quantitative estimate of drug-likeness (QED) is 0.563. The predicted molar refractivity (Wildman–Crippen MR) is 57.3 cm³/mol. The van der Waals surface area contributed by atoms with Crippen molar-refractivity contribution in [2.24, 2.45) is 0 Å². The van der Waals surface area contributed by atoms with Crippen LogP contribution in [0.15, 0.2) is 12.2 Å². The number of hydrogen-bond acceptors (Lipinski definition) is 2. The Morgan fingerprint density at radius 2 is 1.33 bits per heavy atom. The third-order valence-corrected chi connectivity index (χ3v) is 0.365. The summed E-state index contributed by atoms with van der Waals surface area (Å²) in [5.41, 5.74) is 0.176. The highest BCUT2D eigenvalue weighted by Crippen LogP contribution is 1.81. The second kappa shape index (κ2) is 30.7. The van der Waals surface area contributed by atoms with Gasteiger partial charge in [-0.25, -0.2) is 4.79 Å². The summed E-state index contributed by atoms with van der Waals surface area (Å²) in [7, 11) is 1.72. The Morgan fingerprint density at radius 3 is 1.33 bits per heavy atom. The van der Waals surface area contributed by atoms with E-state index in [0.717, 1.165) is 0 Å². The van der Waals surface area contributed by atoms with Crippen LogP contribution in [0.4, 0.5) is 0 Å². The molecule has 6 heteroatoms. The van der Waals surface area contributed by atoms with E-state index >= 15 is 0 Å². The molecular formula is C6H15Cl2O3P. The number of aliphatic carboxylic acids is 1. The highest BCUT2D eigenvalue weighted by Gasteiger charge is 1.90. The average molecular weight is 237 g/mol. The van der Waals surface area contributed by atoms with E-state index in [-0.39, 0.29) is 30.4 Å². The Balaban J connectivity index is -0.0000000241. The lowest BCUT2D eigenvalue weighted by Gasteiger charge is -1.79. The molecule has 0 spiro atoms. The minimum atomic E-state index is -0.935. The molecule has 76 valence electrons. The van der Waals surface area contributed by atoms with Crippen molar-refractivity contribution in [2.75, 3.05) is 0 Å². The summed E-state index contributed by atoms with van der Waals surface area (Å²) in [6.07, 6.45) is 0. The summed E-state index contributed by atoms with van der Waals surface area (Å²) in [6, 6.07) is 0. The van der Waals surface area contributed by atoms with Crippen LogP contribution < -0.4 is 0 Å². The molecule has 0 aliphatic carbocycles. The fraction of sp³-hybridized carbons (Fsp3) is 0.500. The molecular weight excluding hydrogens is 222 g/mol. The number of hydrogen-bond donors (Lipinski definition) is 1. The molecule has 0 saturated carbocycles. The van der Waals surface area contributed by atoms with E-state index in [9.17, 15) is 4.79 Å². The first-order valence-electron chi connectivity index (χ1n) is 2.74. The second-order valence-corrected chi connectivity index (χ2v) is 1.09. The minimum absolute atomic E-state index is 0. The van der Waals surface area contributed by atoms with Crippen LogP contribution in [0.3, 0.4) is 0 Å². The summed E-state index contributed by atoms with van der Waals surface area (Å²) >= 11 is 0. The summed E-state index contributed by atoms with van der Waals surface area (Å²) < 4.78 is 8.06. The van der Waals surface area contributed by atoms with Gasteiger partial charge in [0.15, 0.2) is 0 Å². The molecule has 0 atom stereocenters. The lowest BCUT2D eigenvalue weighted by atomic mass is 10.4. The van der Waals surface area contributed by atoms with E-state index in [1.54, 1.807) is 9.12 Å². The van der Waals surface area contributed by atoms with Crippen molar-refractivity contribution in [3.05, 3.63) is 12.2 Å². The molecule has 0 bridgehead atoms. The Morgan fingerprint density at radius 1 is 1.25 bits per heavy atom. The Kier molecular flexibility index (Phi) is 76.0. The van der Waals surface area contributed by atoms with Crippen molar-refractivity contribution < 1.29 is 14.5 Å². The Bertz CT molecular complexity index is 97.0. The molecule has 0 radical (unpaired) electrons. The van der Waals surface area contributed by atoms with Crippen molar-refractivity contribution in [1.82, 2.24) is 0 Å². The zero-order valence-corrected chi connectivity index (χ0v) is 9.92. The molecule has 0 fully saturated rings. The molecule has 0 aliphatic heterocycles. The average Bonchev–Trinajstić information content (AvgIpc) is 1.96. The summed E-state index contributed by atoms with van der Waals surface area (Å²) in [5.74, 6) is -0.935. The van der Waals surface area contributed by atoms with Crippen molar-refractivity contribution in [3.63, 3.8) is 0 Å². The van der Waals surface area contributed by atoms with Crippen LogP contribution >= 0.6 is 33.9 Å². The van der Waals surface area contributed by atoms with Gasteiger partial charge in [0, 0.05) is 5.57 Å². The van der Waals surface area contributed by atoms with Crippen molar-refractivity contribution >= 4 is 39.9 Å². The van der Waals surface area contributed by atoms with Gasteiger partial charge in [-0.2, -0.15) is 0 Å². The fourth-order valence-electron chi connectivity index (χ4n) is 0. The highest BCUT2D eigenvalue weighted by molar-refractivity contribution is 7.00. The number of rotatable bonds is 1. The van der Waals surface area contributed by atoms with Crippen LogP contribution in [0.5, 0.6) is 0 Å². The van der Waals surface area contributed by atoms with Gasteiger partial charge in [-0.15, -0.1) is 24.8 Å². The Labute approximate surface area is 87.7 Å². The van der Waals surface area contributed by atoms with Gasteiger partial charge in [0.1, 0.15) is 9.12 Å². The van der Waals surface area contributed by atoms with Gasteiger partial charge in [0.25, 0.3) is 0 Å². The molecule has 0 amide bonds. The first kappa shape index (κ1) is 29.7. The molecule has 0 aromatic carbocycles. The van der Waals surface area contributed by atoms with Crippen LogP contribution in [-0.2, 0) is 9.36 Å². The normalized spacial score (nSPS) is 4.58. The molecule has 0 unspecified atom stereocenters. The van der Waals surface area contributed by atoms with E-state index in [0.29, 0.717) is 0 Å². The van der Waals surface area contributed by atoms with Gasteiger partial charge in [0.05, 0.1) is 0 Å². The predicted octanol–water partition coefficient (Wildman–Crippen LogP) is 2.99. The summed E-state index contributed by atoms with van der Waals surface area (Å²) in [5, 5.41) is 7.89. The van der Waals surface area contributed by atoms with E-state index < -0.39 is 5.97 Å². The van der Waals surface area contributed by atoms with Crippen LogP contribution in [0.1, 0.15) is 20.8 Å². The number of carbonyl (C=O) groups is 1. The standard InChI is InChI=1S/C4H6O2.C2H6.2ClH.HOP/c1-3(2)4(5)6;1-2;;;1-2/h1H2,2H3,(H,5,6);1-2H3;2*1H;2H. The summed E-state index contributed by atoms with van der Waals surface area (Å²) in [4.78, 5) is 9.60. The fourth-order valence-corrected chi connectivity index (χ4v) is 0. The molecule has 0 aliphatic rings. The first-order valence-corrected chi connectivity index (χ1v) is 3.14. The van der Waals surface area contributed by atoms with Gasteiger partial charge < -0.3 is 5.11 Å². The lowest BCUT2D eigenvalue weighted by Crippen LogP contribution is -1.92. The molecule has 1 N–H and O–H groups in total. The maximum Gasteiger partial charge on any atom is 0.330 e. The number of halogens is 2. The Hall–Kier alpha value is -0.110. The maximum absolute atomic E-state index is 9.60. The SMILES string of the molecule is C=C(C)C(=O)O.CC.Cl.Cl.O=P. The lowest BCUT2D eigenvalue weighted by molar-refractivity contribution is -0.132. The van der Waals surface area contributed by atoms with Gasteiger partial charge in [-0.3, -0.25) is 4.57 Å². The second-order valence-electron chi connectivity index (χ2n) is 1.09. The third kappa shape index (κ3) is 51.7. The zero-order chi connectivity index (χ0) is 9.15. The van der Waals surface area contributed by atoms with Crippen LogP contribution in [0.25, 0.3) is 0 Å². The molecule has 0 aromatic rings. The van der Waals surface area contributed by atoms with Gasteiger partial charge in [0.2, 0.25) is 0 Å². The number of carboxylic acids is 1. The van der Waals surface area contributed by atoms with Crippen molar-refractivity contribution in [2.45, 2.75) is 20.8 Å². The minimum Gasteiger partial charge on any atom is -0.478 e. The monoisotopic (exact) mass is 236 g/mol. The van der Waals surface area contributed by atoms with Gasteiger partial charge in [-0.05, 0) is 6.92 Å². The first-order chi connectivity index (χ1) is 4.64. The molecule has 0 saturated heterocycles. The van der Waals surface area contributed by atoms with Crippen molar-refractivity contribution in [1.29, 1.82) is 0 Å².